The number of rotatable bonds is 5. The van der Waals surface area contributed by atoms with E-state index in [9.17, 15) is 4.79 Å². The number of amides is 1. The summed E-state index contributed by atoms with van der Waals surface area (Å²) in [6.45, 7) is 4.37. The Hall–Kier alpha value is -1.77. The van der Waals surface area contributed by atoms with Gasteiger partial charge in [0, 0.05) is 0 Å². The van der Waals surface area contributed by atoms with Gasteiger partial charge >= 0.3 is 0 Å². The fourth-order valence-electron chi connectivity index (χ4n) is 2.05. The van der Waals surface area contributed by atoms with Crippen LogP contribution in [0.25, 0.3) is 0 Å². The third kappa shape index (κ3) is 3.09. The summed E-state index contributed by atoms with van der Waals surface area (Å²) in [4.78, 5) is 10.9. The zero-order valence-corrected chi connectivity index (χ0v) is 9.87. The van der Waals surface area contributed by atoms with E-state index in [0.29, 0.717) is 13.2 Å². The molecule has 1 aromatic carbocycles. The van der Waals surface area contributed by atoms with Crippen LogP contribution in [0.1, 0.15) is 17.5 Å². The number of hydrogen-bond acceptors (Lipinski definition) is 2. The third-order valence-corrected chi connectivity index (χ3v) is 2.93. The van der Waals surface area contributed by atoms with Gasteiger partial charge in [-0.2, -0.15) is 0 Å². The summed E-state index contributed by atoms with van der Waals surface area (Å²) in [6.07, 6.45) is 4.84. The van der Waals surface area contributed by atoms with E-state index in [-0.39, 0.29) is 5.91 Å². The normalized spacial score (nSPS) is 12.9. The van der Waals surface area contributed by atoms with Crippen molar-refractivity contribution in [3.8, 4) is 5.75 Å². The van der Waals surface area contributed by atoms with Crippen LogP contribution < -0.4 is 10.1 Å². The number of nitrogens with one attached hydrogen (secondary N) is 1. The second-order valence-electron chi connectivity index (χ2n) is 4.13. The smallest absolute Gasteiger partial charge is 0.243 e. The van der Waals surface area contributed by atoms with E-state index in [1.807, 2.05) is 6.07 Å². The number of aryl methyl sites for hydroxylation is 2. The molecule has 0 saturated heterocycles. The second kappa shape index (κ2) is 5.53. The van der Waals surface area contributed by atoms with Crippen molar-refractivity contribution in [2.24, 2.45) is 0 Å². The molecule has 1 aliphatic carbocycles. The fourth-order valence-corrected chi connectivity index (χ4v) is 2.05. The SMILES string of the molecule is C=CC(=O)NCCOc1ccc2c(c1)CCC2. The Morgan fingerprint density at radius 1 is 1.41 bits per heavy atom. The number of carbonyl (C=O) groups excluding carboxylic acids is 1. The predicted octanol–water partition coefficient (Wildman–Crippen LogP) is 1.86. The van der Waals surface area contributed by atoms with Gasteiger partial charge < -0.3 is 10.1 Å². The minimum Gasteiger partial charge on any atom is -0.492 e. The van der Waals surface area contributed by atoms with E-state index in [2.05, 4.69) is 24.0 Å². The molecule has 0 fully saturated rings. The molecule has 1 amide bonds. The van der Waals surface area contributed by atoms with E-state index < -0.39 is 0 Å². The summed E-state index contributed by atoms with van der Waals surface area (Å²) < 4.78 is 5.58. The summed E-state index contributed by atoms with van der Waals surface area (Å²) in [7, 11) is 0. The van der Waals surface area contributed by atoms with Crippen LogP contribution in [0.4, 0.5) is 0 Å². The van der Waals surface area contributed by atoms with E-state index in [1.54, 1.807) is 0 Å². The van der Waals surface area contributed by atoms with Crippen molar-refractivity contribution in [1.29, 1.82) is 0 Å². The van der Waals surface area contributed by atoms with Crippen LogP contribution in [0.5, 0.6) is 5.75 Å². The molecule has 0 saturated carbocycles. The van der Waals surface area contributed by atoms with Gasteiger partial charge in [-0.25, -0.2) is 0 Å². The van der Waals surface area contributed by atoms with Gasteiger partial charge in [0.2, 0.25) is 5.91 Å². The predicted molar refractivity (Wildman–Crippen MR) is 67.2 cm³/mol. The highest BCUT2D eigenvalue weighted by molar-refractivity contribution is 5.86. The van der Waals surface area contributed by atoms with Crippen LogP contribution in [-0.2, 0) is 17.6 Å². The van der Waals surface area contributed by atoms with Gasteiger partial charge in [-0.05, 0) is 48.6 Å². The quantitative estimate of drug-likeness (QED) is 0.620. The molecular weight excluding hydrogens is 214 g/mol. The first-order valence-corrected chi connectivity index (χ1v) is 5.94. The number of carbonyl (C=O) groups is 1. The largest absolute Gasteiger partial charge is 0.492 e. The molecule has 0 bridgehead atoms. The highest BCUT2D eigenvalue weighted by Crippen LogP contribution is 2.25. The molecule has 0 aliphatic heterocycles. The zero-order chi connectivity index (χ0) is 12.1. The molecule has 3 heteroatoms. The van der Waals surface area contributed by atoms with E-state index in [1.165, 1.54) is 30.0 Å². The number of ether oxygens (including phenoxy) is 1. The average molecular weight is 231 g/mol. The molecule has 90 valence electrons. The topological polar surface area (TPSA) is 38.3 Å². The maximum Gasteiger partial charge on any atom is 0.243 e. The summed E-state index contributed by atoms with van der Waals surface area (Å²) in [5, 5.41) is 2.67. The molecule has 0 unspecified atom stereocenters. The molecule has 0 aromatic heterocycles. The molecule has 0 atom stereocenters. The molecule has 1 aliphatic rings. The summed E-state index contributed by atoms with van der Waals surface area (Å²) in [5.74, 6) is 0.723. The third-order valence-electron chi connectivity index (χ3n) is 2.93. The van der Waals surface area contributed by atoms with Crippen LogP contribution >= 0.6 is 0 Å². The van der Waals surface area contributed by atoms with E-state index >= 15 is 0 Å². The maximum absolute atomic E-state index is 10.9. The van der Waals surface area contributed by atoms with E-state index in [4.69, 9.17) is 4.74 Å². The molecular formula is C14H17NO2. The van der Waals surface area contributed by atoms with Crippen molar-refractivity contribution >= 4 is 5.91 Å². The van der Waals surface area contributed by atoms with Crippen molar-refractivity contribution in [1.82, 2.24) is 5.32 Å². The summed E-state index contributed by atoms with van der Waals surface area (Å²) >= 11 is 0. The summed E-state index contributed by atoms with van der Waals surface area (Å²) in [6, 6.07) is 6.25. The lowest BCUT2D eigenvalue weighted by atomic mass is 10.1. The van der Waals surface area contributed by atoms with Crippen LogP contribution in [0, 0.1) is 0 Å². The Labute approximate surface area is 101 Å². The van der Waals surface area contributed by atoms with Crippen molar-refractivity contribution < 1.29 is 9.53 Å². The molecule has 17 heavy (non-hydrogen) atoms. The molecule has 0 spiro atoms. The Kier molecular flexibility index (Phi) is 3.81. The first-order valence-electron chi connectivity index (χ1n) is 5.94. The number of fused-ring (bicyclic) bond motifs is 1. The van der Waals surface area contributed by atoms with Crippen molar-refractivity contribution in [2.75, 3.05) is 13.2 Å². The minimum atomic E-state index is -0.164. The Morgan fingerprint density at radius 3 is 3.06 bits per heavy atom. The monoisotopic (exact) mass is 231 g/mol. The van der Waals surface area contributed by atoms with Crippen LogP contribution in [-0.4, -0.2) is 19.1 Å². The minimum absolute atomic E-state index is 0.164. The van der Waals surface area contributed by atoms with Gasteiger partial charge in [-0.1, -0.05) is 12.6 Å². The van der Waals surface area contributed by atoms with Gasteiger partial charge in [0.25, 0.3) is 0 Å². The van der Waals surface area contributed by atoms with Crippen molar-refractivity contribution in [3.63, 3.8) is 0 Å². The van der Waals surface area contributed by atoms with Gasteiger partial charge in [0.1, 0.15) is 12.4 Å². The van der Waals surface area contributed by atoms with Gasteiger partial charge in [-0.15, -0.1) is 0 Å². The summed E-state index contributed by atoms with van der Waals surface area (Å²) in [5.41, 5.74) is 2.84. The van der Waals surface area contributed by atoms with Crippen LogP contribution in [0.2, 0.25) is 0 Å². The Balaban J connectivity index is 1.79. The molecule has 1 N–H and O–H groups in total. The van der Waals surface area contributed by atoms with Gasteiger partial charge in [0.05, 0.1) is 6.54 Å². The molecule has 0 radical (unpaired) electrons. The van der Waals surface area contributed by atoms with Gasteiger partial charge in [0.15, 0.2) is 0 Å². The average Bonchev–Trinajstić information content (AvgIpc) is 2.81. The van der Waals surface area contributed by atoms with E-state index in [0.717, 1.165) is 12.2 Å². The van der Waals surface area contributed by atoms with Gasteiger partial charge in [-0.3, -0.25) is 4.79 Å². The van der Waals surface area contributed by atoms with Crippen molar-refractivity contribution in [3.05, 3.63) is 42.0 Å². The van der Waals surface area contributed by atoms with Crippen LogP contribution in [0.15, 0.2) is 30.9 Å². The fraction of sp³-hybridized carbons (Fsp3) is 0.357. The number of hydrogen-bond donors (Lipinski definition) is 1. The lowest BCUT2D eigenvalue weighted by Gasteiger charge is -2.08. The molecule has 0 heterocycles. The second-order valence-corrected chi connectivity index (χ2v) is 4.13. The standard InChI is InChI=1S/C14H17NO2/c1-2-14(16)15-8-9-17-13-7-6-11-4-3-5-12(11)10-13/h2,6-7,10H,1,3-5,8-9H2,(H,15,16). The maximum atomic E-state index is 10.9. The van der Waals surface area contributed by atoms with Crippen LogP contribution in [0.3, 0.4) is 0 Å². The molecule has 3 nitrogen and oxygen atoms in total. The Morgan fingerprint density at radius 2 is 2.24 bits per heavy atom. The lowest BCUT2D eigenvalue weighted by molar-refractivity contribution is -0.116. The molecule has 1 aromatic rings. The zero-order valence-electron chi connectivity index (χ0n) is 9.87. The first-order chi connectivity index (χ1) is 8.29. The first kappa shape index (κ1) is 11.7. The Bertz CT molecular complexity index is 426. The molecule has 2 rings (SSSR count). The highest BCUT2D eigenvalue weighted by atomic mass is 16.5. The highest BCUT2D eigenvalue weighted by Gasteiger charge is 2.10. The lowest BCUT2D eigenvalue weighted by Crippen LogP contribution is -2.26. The number of benzene rings is 1. The van der Waals surface area contributed by atoms with Crippen molar-refractivity contribution in [2.45, 2.75) is 19.3 Å².